The van der Waals surface area contributed by atoms with Crippen LogP contribution in [0.25, 0.3) is 0 Å². The van der Waals surface area contributed by atoms with E-state index in [0.717, 1.165) is 4.88 Å². The first-order valence-electron chi connectivity index (χ1n) is 8.36. The lowest BCUT2D eigenvalue weighted by Gasteiger charge is -2.20. The quantitative estimate of drug-likeness (QED) is 0.844. The number of nitrogens with zero attached hydrogens (tertiary/aromatic N) is 1. The summed E-state index contributed by atoms with van der Waals surface area (Å²) in [4.78, 5) is 27.7. The monoisotopic (exact) mass is 374 g/mol. The first kappa shape index (κ1) is 18.3. The third kappa shape index (κ3) is 3.67. The number of methoxy groups -OCH3 is 2. The third-order valence-electron chi connectivity index (χ3n) is 4.56. The van der Waals surface area contributed by atoms with Crippen LogP contribution in [0.2, 0.25) is 0 Å². The van der Waals surface area contributed by atoms with Gasteiger partial charge in [0.25, 0.3) is 0 Å². The van der Waals surface area contributed by atoms with Crippen LogP contribution in [-0.2, 0) is 16.1 Å². The molecule has 1 fully saturated rings. The number of thiophene rings is 1. The van der Waals surface area contributed by atoms with Gasteiger partial charge < -0.3 is 19.7 Å². The highest BCUT2D eigenvalue weighted by atomic mass is 32.1. The summed E-state index contributed by atoms with van der Waals surface area (Å²) in [7, 11) is 3.12. The van der Waals surface area contributed by atoms with E-state index in [1.54, 1.807) is 48.7 Å². The van der Waals surface area contributed by atoms with E-state index in [4.69, 9.17) is 9.47 Å². The maximum absolute atomic E-state index is 12.5. The molecule has 138 valence electrons. The molecule has 1 unspecified atom stereocenters. The Morgan fingerprint density at radius 1 is 1.31 bits per heavy atom. The standard InChI is InChI=1S/C19H22N2O4S/c1-12-6-7-26-17(12)10-20-19(23)13-8-18(22)21(11-13)15-9-14(24-2)4-5-16(15)25-3/h4-7,9,13H,8,10-11H2,1-3H3,(H,20,23). The molecule has 2 heterocycles. The Morgan fingerprint density at radius 2 is 2.12 bits per heavy atom. The highest BCUT2D eigenvalue weighted by Crippen LogP contribution is 2.36. The smallest absolute Gasteiger partial charge is 0.227 e. The molecule has 3 rings (SSSR count). The summed E-state index contributed by atoms with van der Waals surface area (Å²) in [6, 6.07) is 7.32. The molecule has 1 N–H and O–H groups in total. The summed E-state index contributed by atoms with van der Waals surface area (Å²) >= 11 is 1.62. The molecule has 26 heavy (non-hydrogen) atoms. The summed E-state index contributed by atoms with van der Waals surface area (Å²) in [5.74, 6) is 0.641. The highest BCUT2D eigenvalue weighted by Gasteiger charge is 2.36. The van der Waals surface area contributed by atoms with Gasteiger partial charge in [0.2, 0.25) is 11.8 Å². The van der Waals surface area contributed by atoms with Crippen LogP contribution in [0.5, 0.6) is 11.5 Å². The third-order valence-corrected chi connectivity index (χ3v) is 5.59. The van der Waals surface area contributed by atoms with E-state index >= 15 is 0 Å². The van der Waals surface area contributed by atoms with Crippen molar-refractivity contribution in [2.24, 2.45) is 5.92 Å². The van der Waals surface area contributed by atoms with Crippen LogP contribution in [0.4, 0.5) is 5.69 Å². The zero-order chi connectivity index (χ0) is 18.7. The Hall–Kier alpha value is -2.54. The Kier molecular flexibility index (Phi) is 5.46. The minimum Gasteiger partial charge on any atom is -0.497 e. The van der Waals surface area contributed by atoms with E-state index in [0.29, 0.717) is 30.3 Å². The number of aryl methyl sites for hydroxylation is 1. The second kappa shape index (κ2) is 7.78. The van der Waals surface area contributed by atoms with Gasteiger partial charge in [-0.05, 0) is 36.1 Å². The SMILES string of the molecule is COc1ccc(OC)c(N2CC(C(=O)NCc3sccc3C)CC2=O)c1. The van der Waals surface area contributed by atoms with E-state index < -0.39 is 0 Å². The number of hydrogen-bond donors (Lipinski definition) is 1. The van der Waals surface area contributed by atoms with E-state index in [1.165, 1.54) is 5.56 Å². The Bertz CT molecular complexity index is 818. The van der Waals surface area contributed by atoms with Gasteiger partial charge in [0.15, 0.2) is 0 Å². The fourth-order valence-electron chi connectivity index (χ4n) is 3.02. The van der Waals surface area contributed by atoms with Gasteiger partial charge in [-0.2, -0.15) is 0 Å². The fraction of sp³-hybridized carbons (Fsp3) is 0.368. The van der Waals surface area contributed by atoms with Crippen LogP contribution in [0.15, 0.2) is 29.6 Å². The molecule has 0 bridgehead atoms. The van der Waals surface area contributed by atoms with Crippen molar-refractivity contribution in [2.75, 3.05) is 25.7 Å². The normalized spacial score (nSPS) is 16.7. The molecular weight excluding hydrogens is 352 g/mol. The average Bonchev–Trinajstić information content (AvgIpc) is 3.24. The number of ether oxygens (including phenoxy) is 2. The summed E-state index contributed by atoms with van der Waals surface area (Å²) in [5, 5.41) is 4.95. The first-order chi connectivity index (χ1) is 12.5. The second-order valence-electron chi connectivity index (χ2n) is 6.19. The van der Waals surface area contributed by atoms with Crippen molar-refractivity contribution < 1.29 is 19.1 Å². The van der Waals surface area contributed by atoms with Crippen LogP contribution in [0.3, 0.4) is 0 Å². The largest absolute Gasteiger partial charge is 0.497 e. The lowest BCUT2D eigenvalue weighted by atomic mass is 10.1. The number of benzene rings is 1. The van der Waals surface area contributed by atoms with Gasteiger partial charge >= 0.3 is 0 Å². The van der Waals surface area contributed by atoms with Crippen molar-refractivity contribution in [2.45, 2.75) is 19.9 Å². The fourth-order valence-corrected chi connectivity index (χ4v) is 3.87. The number of rotatable bonds is 6. The lowest BCUT2D eigenvalue weighted by Crippen LogP contribution is -2.32. The highest BCUT2D eigenvalue weighted by molar-refractivity contribution is 7.10. The number of carbonyl (C=O) groups excluding carboxylic acids is 2. The molecule has 7 heteroatoms. The lowest BCUT2D eigenvalue weighted by molar-refractivity contribution is -0.126. The molecule has 1 aliphatic rings. The van der Waals surface area contributed by atoms with Crippen molar-refractivity contribution in [1.29, 1.82) is 0 Å². The van der Waals surface area contributed by atoms with Gasteiger partial charge in [-0.25, -0.2) is 0 Å². The van der Waals surface area contributed by atoms with Crippen LogP contribution < -0.4 is 19.7 Å². The summed E-state index contributed by atoms with van der Waals surface area (Å²) in [6.45, 7) is 2.85. The van der Waals surface area contributed by atoms with E-state index in [-0.39, 0.29) is 24.2 Å². The van der Waals surface area contributed by atoms with Crippen LogP contribution >= 0.6 is 11.3 Å². The minimum atomic E-state index is -0.376. The molecule has 2 amide bonds. The van der Waals surface area contributed by atoms with Crippen LogP contribution in [-0.4, -0.2) is 32.6 Å². The Labute approximate surface area is 156 Å². The second-order valence-corrected chi connectivity index (χ2v) is 7.19. The number of amides is 2. The van der Waals surface area contributed by atoms with Crippen LogP contribution in [0, 0.1) is 12.8 Å². The molecule has 1 aromatic carbocycles. The van der Waals surface area contributed by atoms with Gasteiger partial charge in [0.05, 0.1) is 32.4 Å². The molecule has 0 saturated carbocycles. The van der Waals surface area contributed by atoms with Crippen molar-refractivity contribution in [3.8, 4) is 11.5 Å². The number of carbonyl (C=O) groups is 2. The predicted octanol–water partition coefficient (Wildman–Crippen LogP) is 2.74. The molecule has 1 saturated heterocycles. The van der Waals surface area contributed by atoms with Crippen molar-refractivity contribution in [3.05, 3.63) is 40.1 Å². The molecule has 6 nitrogen and oxygen atoms in total. The van der Waals surface area contributed by atoms with Crippen molar-refractivity contribution >= 4 is 28.8 Å². The summed E-state index contributed by atoms with van der Waals surface area (Å²) < 4.78 is 10.6. The first-order valence-corrected chi connectivity index (χ1v) is 9.24. The minimum absolute atomic E-state index is 0.0935. The molecule has 1 atom stereocenters. The van der Waals surface area contributed by atoms with Gasteiger partial charge in [-0.3, -0.25) is 9.59 Å². The molecule has 0 spiro atoms. The Morgan fingerprint density at radius 3 is 2.77 bits per heavy atom. The Balaban J connectivity index is 1.70. The molecule has 1 aromatic heterocycles. The zero-order valence-corrected chi connectivity index (χ0v) is 15.9. The number of nitrogens with one attached hydrogen (secondary N) is 1. The maximum atomic E-state index is 12.5. The van der Waals surface area contributed by atoms with E-state index in [1.807, 2.05) is 18.4 Å². The zero-order valence-electron chi connectivity index (χ0n) is 15.1. The van der Waals surface area contributed by atoms with Gasteiger partial charge in [0.1, 0.15) is 11.5 Å². The topological polar surface area (TPSA) is 67.9 Å². The summed E-state index contributed by atoms with van der Waals surface area (Å²) in [5.41, 5.74) is 1.79. The van der Waals surface area contributed by atoms with Crippen LogP contribution in [0.1, 0.15) is 16.9 Å². The molecule has 0 aliphatic carbocycles. The maximum Gasteiger partial charge on any atom is 0.227 e. The van der Waals surface area contributed by atoms with Gasteiger partial charge in [-0.15, -0.1) is 11.3 Å². The average molecular weight is 374 g/mol. The predicted molar refractivity (Wildman–Crippen MR) is 101 cm³/mol. The van der Waals surface area contributed by atoms with Gasteiger partial charge in [0, 0.05) is 23.9 Å². The molecule has 0 radical (unpaired) electrons. The molecular formula is C19H22N2O4S. The summed E-state index contributed by atoms with van der Waals surface area (Å²) in [6.07, 6.45) is 0.190. The van der Waals surface area contributed by atoms with Gasteiger partial charge in [-0.1, -0.05) is 0 Å². The number of hydrogen-bond acceptors (Lipinski definition) is 5. The van der Waals surface area contributed by atoms with E-state index in [9.17, 15) is 9.59 Å². The van der Waals surface area contributed by atoms with E-state index in [2.05, 4.69) is 5.32 Å². The molecule has 1 aliphatic heterocycles. The number of anilines is 1. The van der Waals surface area contributed by atoms with Crippen molar-refractivity contribution in [3.63, 3.8) is 0 Å². The van der Waals surface area contributed by atoms with Crippen molar-refractivity contribution in [1.82, 2.24) is 5.32 Å². The molecule has 2 aromatic rings.